The molecule has 2 rings (SSSR count). The maximum Gasteiger partial charge on any atom is 0.119 e. The minimum absolute atomic E-state index is 0.0845. The minimum Gasteiger partial charge on any atom is -0.497 e. The van der Waals surface area contributed by atoms with Crippen molar-refractivity contribution in [2.45, 2.75) is 37.8 Å². The van der Waals surface area contributed by atoms with Crippen molar-refractivity contribution >= 4 is 0 Å². The van der Waals surface area contributed by atoms with Crippen LogP contribution in [-0.2, 0) is 11.3 Å². The molecule has 2 N–H and O–H groups in total. The van der Waals surface area contributed by atoms with Gasteiger partial charge in [-0.25, -0.2) is 0 Å². The SMILES string of the molecule is COc1cccc(COCC2(N)CCCC2)c1. The van der Waals surface area contributed by atoms with Gasteiger partial charge in [-0.3, -0.25) is 0 Å². The summed E-state index contributed by atoms with van der Waals surface area (Å²) < 4.78 is 10.9. The lowest BCUT2D eigenvalue weighted by Crippen LogP contribution is -2.41. The molecule has 0 radical (unpaired) electrons. The molecular weight excluding hydrogens is 214 g/mol. The Hall–Kier alpha value is -1.06. The summed E-state index contributed by atoms with van der Waals surface area (Å²) in [4.78, 5) is 0. The van der Waals surface area contributed by atoms with E-state index in [1.165, 1.54) is 12.8 Å². The van der Waals surface area contributed by atoms with E-state index in [0.717, 1.165) is 24.2 Å². The molecular formula is C14H21NO2. The van der Waals surface area contributed by atoms with Crippen LogP contribution in [0.4, 0.5) is 0 Å². The zero-order chi connectivity index (χ0) is 12.1. The molecule has 94 valence electrons. The number of ether oxygens (including phenoxy) is 2. The van der Waals surface area contributed by atoms with Crippen molar-refractivity contribution in [3.8, 4) is 5.75 Å². The van der Waals surface area contributed by atoms with Crippen molar-refractivity contribution in [2.75, 3.05) is 13.7 Å². The largest absolute Gasteiger partial charge is 0.497 e. The van der Waals surface area contributed by atoms with Crippen LogP contribution in [-0.4, -0.2) is 19.3 Å². The number of hydrogen-bond donors (Lipinski definition) is 1. The van der Waals surface area contributed by atoms with Crippen LogP contribution in [0, 0.1) is 0 Å². The third-order valence-corrected chi connectivity index (χ3v) is 3.39. The van der Waals surface area contributed by atoms with E-state index in [9.17, 15) is 0 Å². The van der Waals surface area contributed by atoms with Gasteiger partial charge in [0.25, 0.3) is 0 Å². The highest BCUT2D eigenvalue weighted by Crippen LogP contribution is 2.27. The topological polar surface area (TPSA) is 44.5 Å². The fourth-order valence-corrected chi connectivity index (χ4v) is 2.36. The summed E-state index contributed by atoms with van der Waals surface area (Å²) in [6.45, 7) is 1.26. The fraction of sp³-hybridized carbons (Fsp3) is 0.571. The van der Waals surface area contributed by atoms with Crippen molar-refractivity contribution in [3.05, 3.63) is 29.8 Å². The predicted octanol–water partition coefficient (Wildman–Crippen LogP) is 2.48. The molecule has 1 aliphatic carbocycles. The van der Waals surface area contributed by atoms with Crippen molar-refractivity contribution in [1.82, 2.24) is 0 Å². The first-order chi connectivity index (χ1) is 8.22. The summed E-state index contributed by atoms with van der Waals surface area (Å²) in [7, 11) is 1.67. The molecule has 17 heavy (non-hydrogen) atoms. The van der Waals surface area contributed by atoms with Crippen LogP contribution in [0.3, 0.4) is 0 Å². The maximum atomic E-state index is 6.23. The van der Waals surface area contributed by atoms with Crippen molar-refractivity contribution in [1.29, 1.82) is 0 Å². The molecule has 0 aliphatic heterocycles. The molecule has 0 unspecified atom stereocenters. The van der Waals surface area contributed by atoms with E-state index < -0.39 is 0 Å². The highest BCUT2D eigenvalue weighted by Gasteiger charge is 2.29. The van der Waals surface area contributed by atoms with Crippen LogP contribution in [0.1, 0.15) is 31.2 Å². The Bertz CT molecular complexity index is 359. The van der Waals surface area contributed by atoms with E-state index >= 15 is 0 Å². The molecule has 0 spiro atoms. The van der Waals surface area contributed by atoms with Gasteiger partial charge in [0.05, 0.1) is 20.3 Å². The lowest BCUT2D eigenvalue weighted by Gasteiger charge is -2.23. The summed E-state index contributed by atoms with van der Waals surface area (Å²) in [5.41, 5.74) is 7.28. The Morgan fingerprint density at radius 1 is 1.29 bits per heavy atom. The average molecular weight is 235 g/mol. The average Bonchev–Trinajstić information content (AvgIpc) is 2.77. The summed E-state index contributed by atoms with van der Waals surface area (Å²) in [6, 6.07) is 7.95. The van der Waals surface area contributed by atoms with Crippen LogP contribution < -0.4 is 10.5 Å². The fourth-order valence-electron chi connectivity index (χ4n) is 2.36. The first-order valence-corrected chi connectivity index (χ1v) is 6.21. The number of benzene rings is 1. The summed E-state index contributed by atoms with van der Waals surface area (Å²) in [6.07, 6.45) is 4.65. The highest BCUT2D eigenvalue weighted by atomic mass is 16.5. The third kappa shape index (κ3) is 3.45. The van der Waals surface area contributed by atoms with Crippen LogP contribution in [0.2, 0.25) is 0 Å². The summed E-state index contributed by atoms with van der Waals surface area (Å²) in [5, 5.41) is 0. The zero-order valence-electron chi connectivity index (χ0n) is 10.4. The monoisotopic (exact) mass is 235 g/mol. The van der Waals surface area contributed by atoms with Gasteiger partial charge in [-0.1, -0.05) is 25.0 Å². The second-order valence-corrected chi connectivity index (χ2v) is 4.91. The molecule has 0 saturated heterocycles. The molecule has 0 heterocycles. The molecule has 0 bridgehead atoms. The lowest BCUT2D eigenvalue weighted by atomic mass is 10.0. The lowest BCUT2D eigenvalue weighted by molar-refractivity contribution is 0.0750. The number of nitrogens with two attached hydrogens (primary N) is 1. The van der Waals surface area contributed by atoms with Gasteiger partial charge in [0.2, 0.25) is 0 Å². The molecule has 0 aromatic heterocycles. The summed E-state index contributed by atoms with van der Waals surface area (Å²) >= 11 is 0. The van der Waals surface area contributed by atoms with E-state index in [1.807, 2.05) is 24.3 Å². The predicted molar refractivity (Wildman–Crippen MR) is 68.0 cm³/mol. The van der Waals surface area contributed by atoms with Crippen molar-refractivity contribution in [2.24, 2.45) is 5.73 Å². The highest BCUT2D eigenvalue weighted by molar-refractivity contribution is 5.27. The van der Waals surface area contributed by atoms with Crippen LogP contribution in [0.15, 0.2) is 24.3 Å². The van der Waals surface area contributed by atoms with Gasteiger partial charge in [-0.15, -0.1) is 0 Å². The Kier molecular flexibility index (Phi) is 4.02. The van der Waals surface area contributed by atoms with E-state index in [4.69, 9.17) is 15.2 Å². The van der Waals surface area contributed by atoms with Gasteiger partial charge >= 0.3 is 0 Å². The maximum absolute atomic E-state index is 6.23. The van der Waals surface area contributed by atoms with Crippen LogP contribution >= 0.6 is 0 Å². The smallest absolute Gasteiger partial charge is 0.119 e. The van der Waals surface area contributed by atoms with E-state index in [1.54, 1.807) is 7.11 Å². The molecule has 3 nitrogen and oxygen atoms in total. The van der Waals surface area contributed by atoms with Gasteiger partial charge in [0.15, 0.2) is 0 Å². The normalized spacial score (nSPS) is 18.2. The van der Waals surface area contributed by atoms with Crippen molar-refractivity contribution in [3.63, 3.8) is 0 Å². The van der Waals surface area contributed by atoms with Crippen molar-refractivity contribution < 1.29 is 9.47 Å². The first-order valence-electron chi connectivity index (χ1n) is 6.21. The molecule has 0 amide bonds. The van der Waals surface area contributed by atoms with E-state index in [0.29, 0.717) is 13.2 Å². The molecule has 1 aromatic rings. The van der Waals surface area contributed by atoms with Crippen LogP contribution in [0.25, 0.3) is 0 Å². The van der Waals surface area contributed by atoms with Gasteiger partial charge in [0.1, 0.15) is 5.75 Å². The third-order valence-electron chi connectivity index (χ3n) is 3.39. The number of rotatable bonds is 5. The van der Waals surface area contributed by atoms with Gasteiger partial charge in [-0.05, 0) is 30.5 Å². The molecule has 1 saturated carbocycles. The Balaban J connectivity index is 1.81. The van der Waals surface area contributed by atoms with E-state index in [-0.39, 0.29) is 5.54 Å². The quantitative estimate of drug-likeness (QED) is 0.852. The standard InChI is InChI=1S/C14H21NO2/c1-16-13-6-4-5-12(9-13)10-17-11-14(15)7-2-3-8-14/h4-6,9H,2-3,7-8,10-11,15H2,1H3. The number of hydrogen-bond acceptors (Lipinski definition) is 3. The van der Waals surface area contributed by atoms with E-state index in [2.05, 4.69) is 0 Å². The Morgan fingerprint density at radius 2 is 2.06 bits per heavy atom. The number of methoxy groups -OCH3 is 1. The minimum atomic E-state index is -0.0845. The zero-order valence-corrected chi connectivity index (χ0v) is 10.4. The van der Waals surface area contributed by atoms with Gasteiger partial charge in [0, 0.05) is 5.54 Å². The molecule has 1 aliphatic rings. The second-order valence-electron chi connectivity index (χ2n) is 4.91. The van der Waals surface area contributed by atoms with Gasteiger partial charge < -0.3 is 15.2 Å². The summed E-state index contributed by atoms with van der Waals surface area (Å²) in [5.74, 6) is 0.870. The first kappa shape index (κ1) is 12.4. The van der Waals surface area contributed by atoms with Gasteiger partial charge in [-0.2, -0.15) is 0 Å². The van der Waals surface area contributed by atoms with Crippen LogP contribution in [0.5, 0.6) is 5.75 Å². The molecule has 1 fully saturated rings. The molecule has 3 heteroatoms. The molecule has 1 aromatic carbocycles. The molecule has 0 atom stereocenters. The Labute approximate surface area is 103 Å². The Morgan fingerprint density at radius 3 is 2.76 bits per heavy atom. The second kappa shape index (κ2) is 5.52.